The molecule has 8 heteroatoms. The number of nitrogens with one attached hydrogen (secondary N) is 2. The standard InChI is InChI=1S/C21H33ClN4O3/c1-23-21(26-13-10-19(11-14-26)29-16-4-15-28-2)24-12-3-5-20(27)25-18-8-6-17(22)7-9-18/h6-9,19H,3-5,10-16H2,1-2H3,(H,23,24)(H,25,27). The van der Waals surface area contributed by atoms with Crippen LogP contribution in [-0.4, -0.2) is 69.9 Å². The van der Waals surface area contributed by atoms with Gasteiger partial charge in [0, 0.05) is 64.1 Å². The number of halogens is 1. The van der Waals surface area contributed by atoms with Crippen LogP contribution in [0.15, 0.2) is 29.3 Å². The summed E-state index contributed by atoms with van der Waals surface area (Å²) in [6.45, 7) is 4.04. The van der Waals surface area contributed by atoms with E-state index in [9.17, 15) is 4.79 Å². The number of piperidine rings is 1. The monoisotopic (exact) mass is 424 g/mol. The lowest BCUT2D eigenvalue weighted by molar-refractivity contribution is -0.116. The second-order valence-corrected chi connectivity index (χ2v) is 7.47. The molecule has 0 bridgehead atoms. The molecule has 7 nitrogen and oxygen atoms in total. The van der Waals surface area contributed by atoms with Crippen LogP contribution in [-0.2, 0) is 14.3 Å². The summed E-state index contributed by atoms with van der Waals surface area (Å²) in [5.41, 5.74) is 0.760. The van der Waals surface area contributed by atoms with E-state index in [0.717, 1.165) is 63.6 Å². The van der Waals surface area contributed by atoms with Crippen molar-refractivity contribution < 1.29 is 14.3 Å². The molecule has 1 saturated heterocycles. The van der Waals surface area contributed by atoms with Crippen LogP contribution in [0.25, 0.3) is 0 Å². The number of carbonyl (C=O) groups excluding carboxylic acids is 1. The average molecular weight is 425 g/mol. The maximum Gasteiger partial charge on any atom is 0.224 e. The summed E-state index contributed by atoms with van der Waals surface area (Å²) >= 11 is 5.85. The first-order chi connectivity index (χ1) is 14.1. The summed E-state index contributed by atoms with van der Waals surface area (Å²) in [6.07, 6.45) is 4.43. The van der Waals surface area contributed by atoms with Crippen molar-refractivity contribution in [1.29, 1.82) is 0 Å². The molecule has 1 heterocycles. The second kappa shape index (κ2) is 13.4. The van der Waals surface area contributed by atoms with Crippen molar-refractivity contribution in [3.63, 3.8) is 0 Å². The molecule has 0 atom stereocenters. The predicted octanol–water partition coefficient (Wildman–Crippen LogP) is 3.15. The number of nitrogens with zero attached hydrogens (tertiary/aromatic N) is 2. The molecule has 0 aromatic heterocycles. The van der Waals surface area contributed by atoms with Gasteiger partial charge in [-0.15, -0.1) is 0 Å². The number of methoxy groups -OCH3 is 1. The fourth-order valence-electron chi connectivity index (χ4n) is 3.23. The van der Waals surface area contributed by atoms with Crippen molar-refractivity contribution in [3.8, 4) is 0 Å². The number of benzene rings is 1. The molecule has 162 valence electrons. The summed E-state index contributed by atoms with van der Waals surface area (Å²) in [6, 6.07) is 7.11. The Morgan fingerprint density at radius 1 is 1.21 bits per heavy atom. The lowest BCUT2D eigenvalue weighted by Gasteiger charge is -2.34. The Bertz CT molecular complexity index is 631. The van der Waals surface area contributed by atoms with Gasteiger partial charge >= 0.3 is 0 Å². The summed E-state index contributed by atoms with van der Waals surface area (Å²) in [4.78, 5) is 18.7. The van der Waals surface area contributed by atoms with Gasteiger partial charge in [0.25, 0.3) is 0 Å². The summed E-state index contributed by atoms with van der Waals surface area (Å²) < 4.78 is 11.0. The zero-order valence-electron chi connectivity index (χ0n) is 17.5. The molecule has 0 spiro atoms. The third kappa shape index (κ3) is 9.02. The maximum absolute atomic E-state index is 12.0. The van der Waals surface area contributed by atoms with Crippen molar-refractivity contribution >= 4 is 29.2 Å². The quantitative estimate of drug-likeness (QED) is 0.343. The van der Waals surface area contributed by atoms with Gasteiger partial charge in [0.1, 0.15) is 0 Å². The summed E-state index contributed by atoms with van der Waals surface area (Å²) in [5, 5.41) is 6.89. The Morgan fingerprint density at radius 2 is 1.93 bits per heavy atom. The summed E-state index contributed by atoms with van der Waals surface area (Å²) in [5.74, 6) is 0.886. The highest BCUT2D eigenvalue weighted by Gasteiger charge is 2.21. The SMILES string of the molecule is CN=C(NCCCC(=O)Nc1ccc(Cl)cc1)N1CCC(OCCCOC)CC1. The fraction of sp³-hybridized carbons (Fsp3) is 0.619. The van der Waals surface area contributed by atoms with Gasteiger partial charge in [-0.1, -0.05) is 11.6 Å². The van der Waals surface area contributed by atoms with Crippen LogP contribution in [0.1, 0.15) is 32.1 Å². The van der Waals surface area contributed by atoms with Gasteiger partial charge in [-0.3, -0.25) is 9.79 Å². The smallest absolute Gasteiger partial charge is 0.224 e. The molecule has 1 aromatic carbocycles. The molecular weight excluding hydrogens is 392 g/mol. The Hall–Kier alpha value is -1.83. The van der Waals surface area contributed by atoms with Gasteiger partial charge in [0.15, 0.2) is 5.96 Å². The van der Waals surface area contributed by atoms with E-state index in [1.54, 1.807) is 38.4 Å². The molecule has 1 aromatic rings. The van der Waals surface area contributed by atoms with Crippen LogP contribution in [0, 0.1) is 0 Å². The van der Waals surface area contributed by atoms with Crippen LogP contribution < -0.4 is 10.6 Å². The molecule has 2 rings (SSSR count). The minimum absolute atomic E-state index is 0.00412. The molecule has 0 saturated carbocycles. The van der Waals surface area contributed by atoms with Gasteiger partial charge in [-0.05, 0) is 49.9 Å². The average Bonchev–Trinajstić information content (AvgIpc) is 2.74. The first-order valence-electron chi connectivity index (χ1n) is 10.2. The van der Waals surface area contributed by atoms with E-state index in [-0.39, 0.29) is 5.91 Å². The Morgan fingerprint density at radius 3 is 2.59 bits per heavy atom. The third-order valence-electron chi connectivity index (χ3n) is 4.79. The number of rotatable bonds is 10. The van der Waals surface area contributed by atoms with Crippen molar-refractivity contribution in [2.24, 2.45) is 4.99 Å². The number of ether oxygens (including phenoxy) is 2. The van der Waals surface area contributed by atoms with Crippen LogP contribution >= 0.6 is 11.6 Å². The highest BCUT2D eigenvalue weighted by atomic mass is 35.5. The molecule has 0 aliphatic carbocycles. The number of anilines is 1. The van der Waals surface area contributed by atoms with E-state index in [0.29, 0.717) is 24.1 Å². The van der Waals surface area contributed by atoms with Crippen molar-refractivity contribution in [2.75, 3.05) is 52.3 Å². The van der Waals surface area contributed by atoms with E-state index in [4.69, 9.17) is 21.1 Å². The zero-order chi connectivity index (χ0) is 20.9. The molecular formula is C21H33ClN4O3. The van der Waals surface area contributed by atoms with E-state index in [2.05, 4.69) is 20.5 Å². The molecule has 0 unspecified atom stereocenters. The number of carbonyl (C=O) groups is 1. The van der Waals surface area contributed by atoms with Gasteiger partial charge in [-0.25, -0.2) is 0 Å². The van der Waals surface area contributed by atoms with Crippen molar-refractivity contribution in [3.05, 3.63) is 29.3 Å². The van der Waals surface area contributed by atoms with Crippen LogP contribution in [0.3, 0.4) is 0 Å². The zero-order valence-corrected chi connectivity index (χ0v) is 18.2. The Labute approximate surface area is 178 Å². The number of likely N-dealkylation sites (tertiary alicyclic amines) is 1. The van der Waals surface area contributed by atoms with E-state index < -0.39 is 0 Å². The molecule has 0 radical (unpaired) electrons. The van der Waals surface area contributed by atoms with Crippen LogP contribution in [0.5, 0.6) is 0 Å². The molecule has 1 aliphatic rings. The molecule has 2 N–H and O–H groups in total. The fourth-order valence-corrected chi connectivity index (χ4v) is 3.35. The van der Waals surface area contributed by atoms with Gasteiger partial charge in [0.05, 0.1) is 6.10 Å². The minimum Gasteiger partial charge on any atom is -0.385 e. The van der Waals surface area contributed by atoms with Crippen LogP contribution in [0.4, 0.5) is 5.69 Å². The highest BCUT2D eigenvalue weighted by Crippen LogP contribution is 2.15. The maximum atomic E-state index is 12.0. The molecule has 29 heavy (non-hydrogen) atoms. The lowest BCUT2D eigenvalue weighted by Crippen LogP contribution is -2.47. The van der Waals surface area contributed by atoms with Crippen molar-refractivity contribution in [2.45, 2.75) is 38.2 Å². The molecule has 1 amide bonds. The third-order valence-corrected chi connectivity index (χ3v) is 5.04. The van der Waals surface area contributed by atoms with Gasteiger partial charge in [-0.2, -0.15) is 0 Å². The lowest BCUT2D eigenvalue weighted by atomic mass is 10.1. The normalized spacial score (nSPS) is 15.4. The number of guanidine groups is 1. The minimum atomic E-state index is -0.00412. The topological polar surface area (TPSA) is 75.2 Å². The second-order valence-electron chi connectivity index (χ2n) is 7.04. The first-order valence-corrected chi connectivity index (χ1v) is 10.6. The number of aliphatic imine (C=N–C) groups is 1. The van der Waals surface area contributed by atoms with E-state index in [1.807, 2.05) is 0 Å². The molecule has 1 aliphatic heterocycles. The Kier molecular flexibility index (Phi) is 10.8. The highest BCUT2D eigenvalue weighted by molar-refractivity contribution is 6.30. The van der Waals surface area contributed by atoms with Crippen molar-refractivity contribution in [1.82, 2.24) is 10.2 Å². The molecule has 1 fully saturated rings. The Balaban J connectivity index is 1.60. The number of amides is 1. The van der Waals surface area contributed by atoms with Gasteiger partial charge in [0.2, 0.25) is 5.91 Å². The predicted molar refractivity (Wildman–Crippen MR) is 118 cm³/mol. The van der Waals surface area contributed by atoms with E-state index in [1.165, 1.54) is 0 Å². The number of hydrogen-bond donors (Lipinski definition) is 2. The number of hydrogen-bond acceptors (Lipinski definition) is 4. The first kappa shape index (κ1) is 23.4. The summed E-state index contributed by atoms with van der Waals surface area (Å²) in [7, 11) is 3.51. The van der Waals surface area contributed by atoms with Crippen LogP contribution in [0.2, 0.25) is 5.02 Å². The van der Waals surface area contributed by atoms with E-state index >= 15 is 0 Å². The largest absolute Gasteiger partial charge is 0.385 e. The van der Waals surface area contributed by atoms with Gasteiger partial charge < -0.3 is 25.0 Å².